The molecule has 0 amide bonds. The van der Waals surface area contributed by atoms with Crippen molar-refractivity contribution in [2.45, 2.75) is 12.5 Å². The zero-order valence-electron chi connectivity index (χ0n) is 11.5. The molecule has 2 rings (SSSR count). The van der Waals surface area contributed by atoms with Crippen LogP contribution in [0.1, 0.15) is 6.42 Å². The lowest BCUT2D eigenvalue weighted by molar-refractivity contribution is 0.172. The van der Waals surface area contributed by atoms with Gasteiger partial charge in [0.1, 0.15) is 0 Å². The van der Waals surface area contributed by atoms with E-state index in [0.717, 1.165) is 51.7 Å². The lowest BCUT2D eigenvalue weighted by atomic mass is 10.2. The summed E-state index contributed by atoms with van der Waals surface area (Å²) in [7, 11) is 1.71. The van der Waals surface area contributed by atoms with Crippen LogP contribution in [-0.2, 0) is 4.74 Å². The van der Waals surface area contributed by atoms with Crippen molar-refractivity contribution < 1.29 is 4.74 Å². The van der Waals surface area contributed by atoms with Crippen molar-refractivity contribution in [3.05, 3.63) is 18.5 Å². The quantitative estimate of drug-likeness (QED) is 0.778. The van der Waals surface area contributed by atoms with Gasteiger partial charge in [-0.15, -0.1) is 0 Å². The van der Waals surface area contributed by atoms with Crippen LogP contribution in [0.4, 0.5) is 5.95 Å². The highest BCUT2D eigenvalue weighted by atomic mass is 16.5. The minimum Gasteiger partial charge on any atom is -0.385 e. The second-order valence-corrected chi connectivity index (χ2v) is 4.88. The minimum atomic E-state index is 0.194. The number of rotatable bonds is 6. The van der Waals surface area contributed by atoms with Gasteiger partial charge in [0.15, 0.2) is 0 Å². The first kappa shape index (κ1) is 14.2. The van der Waals surface area contributed by atoms with Crippen LogP contribution in [0, 0.1) is 0 Å². The third kappa shape index (κ3) is 4.41. The van der Waals surface area contributed by atoms with Gasteiger partial charge in [-0.3, -0.25) is 4.90 Å². The summed E-state index contributed by atoms with van der Waals surface area (Å²) in [6, 6.07) is 2.04. The van der Waals surface area contributed by atoms with Crippen LogP contribution >= 0.6 is 0 Å². The van der Waals surface area contributed by atoms with Gasteiger partial charge in [0.2, 0.25) is 5.95 Å². The number of hydrogen-bond acceptors (Lipinski definition) is 6. The van der Waals surface area contributed by atoms with E-state index in [1.165, 1.54) is 0 Å². The number of methoxy groups -OCH3 is 1. The number of hydrogen-bond donors (Lipinski definition) is 1. The number of piperazine rings is 1. The van der Waals surface area contributed by atoms with Gasteiger partial charge < -0.3 is 15.4 Å². The molecule has 6 nitrogen and oxygen atoms in total. The molecule has 19 heavy (non-hydrogen) atoms. The van der Waals surface area contributed by atoms with E-state index in [1.807, 2.05) is 6.07 Å². The van der Waals surface area contributed by atoms with E-state index in [4.69, 9.17) is 10.5 Å². The van der Waals surface area contributed by atoms with E-state index in [1.54, 1.807) is 19.5 Å². The number of ether oxygens (including phenoxy) is 1. The van der Waals surface area contributed by atoms with Crippen LogP contribution in [0.25, 0.3) is 0 Å². The number of nitrogens with two attached hydrogens (primary N) is 1. The summed E-state index contributed by atoms with van der Waals surface area (Å²) in [4.78, 5) is 13.2. The van der Waals surface area contributed by atoms with Gasteiger partial charge in [0.25, 0.3) is 0 Å². The molecule has 2 heterocycles. The Morgan fingerprint density at radius 3 is 2.58 bits per heavy atom. The normalized spacial score (nSPS) is 18.5. The molecular weight excluding hydrogens is 242 g/mol. The Morgan fingerprint density at radius 1 is 1.26 bits per heavy atom. The fourth-order valence-electron chi connectivity index (χ4n) is 2.28. The third-order valence-corrected chi connectivity index (χ3v) is 3.39. The summed E-state index contributed by atoms with van der Waals surface area (Å²) < 4.78 is 5.05. The van der Waals surface area contributed by atoms with Crippen molar-refractivity contribution in [1.29, 1.82) is 0 Å². The van der Waals surface area contributed by atoms with Gasteiger partial charge in [-0.2, -0.15) is 0 Å². The Bertz CT molecular complexity index is 353. The lowest BCUT2D eigenvalue weighted by Crippen LogP contribution is -2.50. The predicted octanol–water partition coefficient (Wildman–Crippen LogP) is -0.0376. The Hall–Kier alpha value is -1.24. The monoisotopic (exact) mass is 265 g/mol. The van der Waals surface area contributed by atoms with Crippen molar-refractivity contribution >= 4 is 5.95 Å². The fourth-order valence-corrected chi connectivity index (χ4v) is 2.28. The zero-order valence-corrected chi connectivity index (χ0v) is 11.5. The Labute approximate surface area is 114 Å². The van der Waals surface area contributed by atoms with E-state index in [-0.39, 0.29) is 6.04 Å². The molecule has 0 aromatic carbocycles. The maximum Gasteiger partial charge on any atom is 0.225 e. The number of aromatic nitrogens is 2. The summed E-state index contributed by atoms with van der Waals surface area (Å²) in [6.45, 7) is 5.62. The van der Waals surface area contributed by atoms with Gasteiger partial charge in [-0.1, -0.05) is 0 Å². The van der Waals surface area contributed by atoms with Crippen molar-refractivity contribution in [1.82, 2.24) is 14.9 Å². The second-order valence-electron chi connectivity index (χ2n) is 4.88. The Kier molecular flexibility index (Phi) is 5.50. The molecule has 1 aliphatic rings. The summed E-state index contributed by atoms with van der Waals surface area (Å²) in [6.07, 6.45) is 4.49. The average molecular weight is 265 g/mol. The number of nitrogens with zero attached hydrogens (tertiary/aromatic N) is 4. The molecule has 1 aliphatic heterocycles. The standard InChI is InChI=1S/C13H23N5O/c1-19-10-3-12(14)11-17-6-8-18(9-7-17)13-15-4-2-5-16-13/h2,4-5,12H,3,6-11,14H2,1H3. The van der Waals surface area contributed by atoms with Crippen molar-refractivity contribution in [2.75, 3.05) is 51.3 Å². The maximum atomic E-state index is 6.08. The molecule has 0 bridgehead atoms. The average Bonchev–Trinajstić information content (AvgIpc) is 2.47. The molecule has 0 aliphatic carbocycles. The van der Waals surface area contributed by atoms with Gasteiger partial charge >= 0.3 is 0 Å². The van der Waals surface area contributed by atoms with E-state index in [9.17, 15) is 0 Å². The van der Waals surface area contributed by atoms with Gasteiger partial charge in [0.05, 0.1) is 0 Å². The zero-order chi connectivity index (χ0) is 13.5. The molecule has 1 aromatic rings. The molecule has 1 atom stereocenters. The van der Waals surface area contributed by atoms with E-state index >= 15 is 0 Å². The topological polar surface area (TPSA) is 67.5 Å². The number of anilines is 1. The van der Waals surface area contributed by atoms with E-state index in [0.29, 0.717) is 0 Å². The summed E-state index contributed by atoms with van der Waals surface area (Å²) in [5.41, 5.74) is 6.08. The van der Waals surface area contributed by atoms with Gasteiger partial charge in [-0.05, 0) is 12.5 Å². The van der Waals surface area contributed by atoms with Crippen LogP contribution < -0.4 is 10.6 Å². The van der Waals surface area contributed by atoms with Crippen LogP contribution in [0.15, 0.2) is 18.5 Å². The molecule has 0 saturated carbocycles. The van der Waals surface area contributed by atoms with Crippen LogP contribution in [-0.4, -0.2) is 67.4 Å². The molecule has 1 saturated heterocycles. The Morgan fingerprint density at radius 2 is 1.95 bits per heavy atom. The van der Waals surface area contributed by atoms with Crippen LogP contribution in [0.2, 0.25) is 0 Å². The first-order valence-electron chi connectivity index (χ1n) is 6.78. The molecule has 0 spiro atoms. The molecule has 0 radical (unpaired) electrons. The van der Waals surface area contributed by atoms with Crippen LogP contribution in [0.5, 0.6) is 0 Å². The van der Waals surface area contributed by atoms with Crippen molar-refractivity contribution in [3.63, 3.8) is 0 Å². The van der Waals surface area contributed by atoms with Gasteiger partial charge in [0, 0.05) is 64.9 Å². The highest BCUT2D eigenvalue weighted by Gasteiger charge is 2.19. The summed E-state index contributed by atoms with van der Waals surface area (Å²) >= 11 is 0. The fraction of sp³-hybridized carbons (Fsp3) is 0.692. The first-order valence-corrected chi connectivity index (χ1v) is 6.78. The third-order valence-electron chi connectivity index (χ3n) is 3.39. The second kappa shape index (κ2) is 7.37. The van der Waals surface area contributed by atoms with Crippen molar-refractivity contribution in [2.24, 2.45) is 5.73 Å². The minimum absolute atomic E-state index is 0.194. The predicted molar refractivity (Wildman–Crippen MR) is 75.2 cm³/mol. The molecule has 1 aromatic heterocycles. The van der Waals surface area contributed by atoms with E-state index < -0.39 is 0 Å². The molecule has 6 heteroatoms. The van der Waals surface area contributed by atoms with Crippen molar-refractivity contribution in [3.8, 4) is 0 Å². The lowest BCUT2D eigenvalue weighted by Gasteiger charge is -2.35. The molecular formula is C13H23N5O. The summed E-state index contributed by atoms with van der Waals surface area (Å²) in [5.74, 6) is 0.825. The Balaban J connectivity index is 1.73. The highest BCUT2D eigenvalue weighted by Crippen LogP contribution is 2.09. The largest absolute Gasteiger partial charge is 0.385 e. The van der Waals surface area contributed by atoms with Gasteiger partial charge in [-0.25, -0.2) is 9.97 Å². The van der Waals surface area contributed by atoms with Crippen LogP contribution in [0.3, 0.4) is 0 Å². The summed E-state index contributed by atoms with van der Waals surface area (Å²) in [5, 5.41) is 0. The highest BCUT2D eigenvalue weighted by molar-refractivity contribution is 5.29. The van der Waals surface area contributed by atoms with E-state index in [2.05, 4.69) is 19.8 Å². The molecule has 1 fully saturated rings. The maximum absolute atomic E-state index is 6.08. The molecule has 2 N–H and O–H groups in total. The molecule has 106 valence electrons. The SMILES string of the molecule is COCCC(N)CN1CCN(c2ncccn2)CC1. The smallest absolute Gasteiger partial charge is 0.225 e. The molecule has 1 unspecified atom stereocenters. The first-order chi connectivity index (χ1) is 9.29.